The number of hydrogen-bond donors (Lipinski definition) is 1. The second-order valence-corrected chi connectivity index (χ2v) is 21.7. The van der Waals surface area contributed by atoms with E-state index >= 15 is 0 Å². The average molecular weight is 791 g/mol. The zero-order chi connectivity index (χ0) is 39.8. The fraction of sp³-hybridized carbons (Fsp3) is 0.875. The Morgan fingerprint density at radius 1 is 0.491 bits per heavy atom. The highest BCUT2D eigenvalue weighted by molar-refractivity contribution is 5.74. The lowest BCUT2D eigenvalue weighted by atomic mass is 9.70. The number of allylic oxidation sites excluding steroid dienone is 1. The first-order valence-electron chi connectivity index (χ1n) is 23.5. The summed E-state index contributed by atoms with van der Waals surface area (Å²) in [6.07, 6.45) is 30.2. The van der Waals surface area contributed by atoms with E-state index in [2.05, 4.69) is 26.0 Å². The van der Waals surface area contributed by atoms with Gasteiger partial charge in [-0.3, -0.25) is 19.2 Å². The number of hydrogen-bond acceptors (Lipinski definition) is 9. The van der Waals surface area contributed by atoms with E-state index in [1.165, 1.54) is 77.0 Å². The Labute approximate surface area is 340 Å². The zero-order valence-electron chi connectivity index (χ0n) is 35.1. The van der Waals surface area contributed by atoms with Gasteiger partial charge in [-0.2, -0.15) is 0 Å². The molecular weight excluding hydrogens is 721 g/mol. The van der Waals surface area contributed by atoms with Gasteiger partial charge in [-0.05, 0) is 120 Å². The molecular formula is C48H70O9. The summed E-state index contributed by atoms with van der Waals surface area (Å²) in [5.41, 5.74) is -1.01. The third-order valence-corrected chi connectivity index (χ3v) is 17.9. The van der Waals surface area contributed by atoms with E-state index in [4.69, 9.17) is 18.9 Å². The molecule has 4 spiro atoms. The highest BCUT2D eigenvalue weighted by Gasteiger charge is 2.64. The Balaban J connectivity index is 0.0000000990. The van der Waals surface area contributed by atoms with Crippen LogP contribution in [0.3, 0.4) is 0 Å². The molecule has 4 aliphatic heterocycles. The van der Waals surface area contributed by atoms with Gasteiger partial charge in [0, 0.05) is 48.3 Å². The maximum atomic E-state index is 11.5. The normalized spacial score (nSPS) is 50.5. The maximum absolute atomic E-state index is 11.5. The van der Waals surface area contributed by atoms with Crippen LogP contribution in [-0.4, -0.2) is 57.0 Å². The summed E-state index contributed by atoms with van der Waals surface area (Å²) < 4.78 is 22.7. The zero-order valence-corrected chi connectivity index (χ0v) is 35.1. The van der Waals surface area contributed by atoms with Gasteiger partial charge in [0.1, 0.15) is 22.4 Å². The summed E-state index contributed by atoms with van der Waals surface area (Å²) in [5.74, 6) is 5.99. The highest BCUT2D eigenvalue weighted by atomic mass is 16.6. The van der Waals surface area contributed by atoms with Gasteiger partial charge in [-0.15, -0.1) is 0 Å². The van der Waals surface area contributed by atoms with Crippen LogP contribution in [0, 0.1) is 59.2 Å². The third kappa shape index (κ3) is 7.01. The van der Waals surface area contributed by atoms with Gasteiger partial charge in [0.25, 0.3) is 0 Å². The third-order valence-electron chi connectivity index (χ3n) is 17.9. The molecule has 1 N–H and O–H groups in total. The molecule has 0 radical (unpaired) electrons. The van der Waals surface area contributed by atoms with Crippen molar-refractivity contribution in [3.05, 3.63) is 12.2 Å². The topological polar surface area (TPSA) is 125 Å². The van der Waals surface area contributed by atoms with Crippen molar-refractivity contribution >= 4 is 23.9 Å². The fourth-order valence-corrected chi connectivity index (χ4v) is 15.9. The molecule has 316 valence electrons. The molecule has 0 aromatic rings. The molecule has 0 unspecified atom stereocenters. The lowest BCUT2D eigenvalue weighted by Crippen LogP contribution is -2.43. The van der Waals surface area contributed by atoms with Crippen LogP contribution in [0.25, 0.3) is 0 Å². The Hall–Kier alpha value is -2.42. The minimum atomic E-state index is -0.627. The summed E-state index contributed by atoms with van der Waals surface area (Å²) in [6, 6.07) is 0. The lowest BCUT2D eigenvalue weighted by molar-refractivity contribution is -0.156. The minimum Gasteiger partial charge on any atom is -0.458 e. The van der Waals surface area contributed by atoms with Crippen molar-refractivity contribution in [1.29, 1.82) is 0 Å². The molecule has 9 heteroatoms. The standard InChI is InChI=1S/C13H20O2.C12H18O3.C12H18O2.C11H14O2/c1-9-6-10-4-2-3-5-11-7-12(14)15-13(10,11)8-9;1-11(14)6-9-4-2-3-8-5-10(13)15-12(8,9)7-11;1-8-5-9-3-2-4-10-6-11(13)14-12(9,10)7-8;12-10-7-9-5-4-8-3-1-2-6-11(8,9)13-10/h9-11H,2-8H2,1H3;8-9,14H,2-7H2,1H3;8-10H,2-7H2,1H3;1-2,8-9H,3-7H2/t9-,10+,11-,13-;8-,9+,11+,12+;8-,9+,10-,12-;8-,9-,11-/m0000/s1. The van der Waals surface area contributed by atoms with E-state index in [-0.39, 0.29) is 46.3 Å². The predicted molar refractivity (Wildman–Crippen MR) is 212 cm³/mol. The Bertz CT molecular complexity index is 1610. The molecule has 12 aliphatic rings. The van der Waals surface area contributed by atoms with Crippen molar-refractivity contribution in [2.45, 2.75) is 203 Å². The van der Waals surface area contributed by atoms with Crippen molar-refractivity contribution in [3.8, 4) is 0 Å². The largest absolute Gasteiger partial charge is 0.458 e. The van der Waals surface area contributed by atoms with Gasteiger partial charge < -0.3 is 24.1 Å². The number of carbonyl (C=O) groups excluding carboxylic acids is 4. The van der Waals surface area contributed by atoms with Gasteiger partial charge >= 0.3 is 23.9 Å². The number of esters is 4. The van der Waals surface area contributed by atoms with Crippen molar-refractivity contribution in [2.24, 2.45) is 59.2 Å². The number of aliphatic hydroxyl groups is 1. The van der Waals surface area contributed by atoms with E-state index in [0.717, 1.165) is 56.8 Å². The Morgan fingerprint density at radius 3 is 1.49 bits per heavy atom. The fourth-order valence-electron chi connectivity index (χ4n) is 15.9. The molecule has 0 aromatic carbocycles. The smallest absolute Gasteiger partial charge is 0.306 e. The quantitative estimate of drug-likeness (QED) is 0.145. The molecule has 0 amide bonds. The molecule has 4 saturated heterocycles. The summed E-state index contributed by atoms with van der Waals surface area (Å²) in [4.78, 5) is 45.7. The maximum Gasteiger partial charge on any atom is 0.306 e. The van der Waals surface area contributed by atoms with Crippen molar-refractivity contribution in [3.63, 3.8) is 0 Å². The molecule has 12 rings (SSSR count). The molecule has 15 atom stereocenters. The average Bonchev–Trinajstić information content (AvgIpc) is 4.00. The van der Waals surface area contributed by atoms with Crippen LogP contribution in [-0.2, 0) is 38.1 Å². The molecule has 0 aromatic heterocycles. The number of ether oxygens (including phenoxy) is 4. The predicted octanol–water partition coefficient (Wildman–Crippen LogP) is 9.11. The van der Waals surface area contributed by atoms with Crippen LogP contribution in [0.2, 0.25) is 0 Å². The van der Waals surface area contributed by atoms with Crippen LogP contribution in [0.15, 0.2) is 12.2 Å². The number of carbonyl (C=O) groups is 4. The van der Waals surface area contributed by atoms with E-state index < -0.39 is 5.60 Å². The molecule has 9 nitrogen and oxygen atoms in total. The first-order chi connectivity index (χ1) is 27.2. The van der Waals surface area contributed by atoms with Gasteiger partial charge in [0.2, 0.25) is 0 Å². The van der Waals surface area contributed by atoms with Gasteiger partial charge in [-0.1, -0.05) is 51.7 Å². The van der Waals surface area contributed by atoms with Gasteiger partial charge in [0.15, 0.2) is 0 Å². The number of rotatable bonds is 0. The molecule has 8 aliphatic carbocycles. The van der Waals surface area contributed by atoms with Crippen molar-refractivity contribution in [2.75, 3.05) is 0 Å². The van der Waals surface area contributed by atoms with Crippen molar-refractivity contribution < 1.29 is 43.2 Å². The van der Waals surface area contributed by atoms with Gasteiger partial charge in [0.05, 0.1) is 31.3 Å². The summed E-state index contributed by atoms with van der Waals surface area (Å²) in [5, 5.41) is 10.2. The Kier molecular flexibility index (Phi) is 10.5. The molecule has 0 bridgehead atoms. The van der Waals surface area contributed by atoms with Crippen LogP contribution in [0.4, 0.5) is 0 Å². The van der Waals surface area contributed by atoms with E-state index in [9.17, 15) is 24.3 Å². The van der Waals surface area contributed by atoms with E-state index in [1.54, 1.807) is 0 Å². The molecule has 57 heavy (non-hydrogen) atoms. The first-order valence-corrected chi connectivity index (χ1v) is 23.5. The summed E-state index contributed by atoms with van der Waals surface area (Å²) >= 11 is 0. The first kappa shape index (κ1) is 40.0. The van der Waals surface area contributed by atoms with Crippen LogP contribution < -0.4 is 0 Å². The van der Waals surface area contributed by atoms with Gasteiger partial charge in [-0.25, -0.2) is 0 Å². The van der Waals surface area contributed by atoms with E-state index in [1.807, 2.05) is 6.92 Å². The second kappa shape index (κ2) is 14.9. The van der Waals surface area contributed by atoms with E-state index in [0.29, 0.717) is 79.4 Å². The van der Waals surface area contributed by atoms with Crippen LogP contribution >= 0.6 is 0 Å². The highest BCUT2D eigenvalue weighted by Crippen LogP contribution is 2.60. The molecule has 11 fully saturated rings. The lowest BCUT2D eigenvalue weighted by Gasteiger charge is -2.39. The Morgan fingerprint density at radius 2 is 0.912 bits per heavy atom. The monoisotopic (exact) mass is 791 g/mol. The van der Waals surface area contributed by atoms with Crippen LogP contribution in [0.5, 0.6) is 0 Å². The summed E-state index contributed by atoms with van der Waals surface area (Å²) in [7, 11) is 0. The second-order valence-electron chi connectivity index (χ2n) is 21.7. The molecule has 7 saturated carbocycles. The van der Waals surface area contributed by atoms with Crippen molar-refractivity contribution in [1.82, 2.24) is 0 Å². The minimum absolute atomic E-state index is 0.00521. The summed E-state index contributed by atoms with van der Waals surface area (Å²) in [6.45, 7) is 6.49. The molecule has 4 heterocycles. The van der Waals surface area contributed by atoms with Crippen LogP contribution in [0.1, 0.15) is 175 Å². The SMILES string of the molecule is C[C@@]1(O)C[C@H]2CCC[C@H]3CC(=O)O[C@@]23C1.C[C@H]1C[C@H]2CCCC[C@H]3CC(=O)O[C@@]23C1.C[C@H]1C[C@H]2CCC[C@H]3CC(=O)O[C@@]23C1.O=C1C[C@@H]2CC[C@@H]3CC=CC[C@]32O1.